The molecule has 4 nitrogen and oxygen atoms in total. The van der Waals surface area contributed by atoms with Crippen LogP contribution in [0.5, 0.6) is 5.75 Å². The summed E-state index contributed by atoms with van der Waals surface area (Å²) >= 11 is 5.84. The van der Waals surface area contributed by atoms with Crippen molar-refractivity contribution in [2.24, 2.45) is 0 Å². The first kappa shape index (κ1) is 16.6. The number of carbonyl (C=O) groups is 1. The molecule has 1 heterocycles. The van der Waals surface area contributed by atoms with Gasteiger partial charge in [0.25, 0.3) is 5.91 Å². The minimum absolute atomic E-state index is 0.0724. The van der Waals surface area contributed by atoms with Gasteiger partial charge < -0.3 is 9.64 Å². The second kappa shape index (κ2) is 8.02. The van der Waals surface area contributed by atoms with E-state index >= 15 is 0 Å². The maximum Gasteiger partial charge on any atom is 0.260 e. The van der Waals surface area contributed by atoms with Gasteiger partial charge in [0.15, 0.2) is 6.61 Å². The van der Waals surface area contributed by atoms with Gasteiger partial charge in [-0.15, -0.1) is 0 Å². The Bertz CT molecular complexity index is 506. The number of benzene rings is 1. The molecule has 1 amide bonds. The molecule has 0 N–H and O–H groups in total. The van der Waals surface area contributed by atoms with Crippen LogP contribution in [-0.4, -0.2) is 54.5 Å². The van der Waals surface area contributed by atoms with Crippen molar-refractivity contribution in [2.45, 2.75) is 38.1 Å². The van der Waals surface area contributed by atoms with Gasteiger partial charge in [0.05, 0.1) is 0 Å². The van der Waals surface area contributed by atoms with Gasteiger partial charge in [-0.25, -0.2) is 0 Å². The highest BCUT2D eigenvalue weighted by Crippen LogP contribution is 2.23. The molecule has 1 aromatic carbocycles. The molecule has 1 aliphatic carbocycles. The average molecular weight is 337 g/mol. The number of piperazine rings is 1. The van der Waals surface area contributed by atoms with Crippen LogP contribution in [0.4, 0.5) is 0 Å². The predicted octanol–water partition coefficient (Wildman–Crippen LogP) is 3.20. The summed E-state index contributed by atoms with van der Waals surface area (Å²) in [7, 11) is 0. The molecule has 0 radical (unpaired) electrons. The lowest BCUT2D eigenvalue weighted by atomic mass is 9.94. The fraction of sp³-hybridized carbons (Fsp3) is 0.611. The SMILES string of the molecule is O=C(COc1ccc(Cl)cc1)N1CCN(C2CCCCC2)CC1. The second-order valence-electron chi connectivity index (χ2n) is 6.45. The predicted molar refractivity (Wildman–Crippen MR) is 92.0 cm³/mol. The van der Waals surface area contributed by atoms with Gasteiger partial charge in [-0.1, -0.05) is 30.9 Å². The number of ether oxygens (including phenoxy) is 1. The molecule has 0 aromatic heterocycles. The largest absolute Gasteiger partial charge is 0.484 e. The molecule has 5 heteroatoms. The van der Waals surface area contributed by atoms with Crippen molar-refractivity contribution < 1.29 is 9.53 Å². The first-order chi connectivity index (χ1) is 11.2. The highest BCUT2D eigenvalue weighted by Gasteiger charge is 2.27. The summed E-state index contributed by atoms with van der Waals surface area (Å²) in [4.78, 5) is 16.8. The van der Waals surface area contributed by atoms with Crippen molar-refractivity contribution in [3.8, 4) is 5.75 Å². The van der Waals surface area contributed by atoms with Gasteiger partial charge >= 0.3 is 0 Å². The van der Waals surface area contributed by atoms with Crippen LogP contribution >= 0.6 is 11.6 Å². The number of rotatable bonds is 4. The molecule has 2 aliphatic rings. The van der Waals surface area contributed by atoms with Crippen LogP contribution in [0.25, 0.3) is 0 Å². The zero-order valence-electron chi connectivity index (χ0n) is 13.5. The van der Waals surface area contributed by atoms with Crippen molar-refractivity contribution in [3.05, 3.63) is 29.3 Å². The van der Waals surface area contributed by atoms with Crippen LogP contribution in [0.1, 0.15) is 32.1 Å². The van der Waals surface area contributed by atoms with Crippen molar-refractivity contribution >= 4 is 17.5 Å². The Kier molecular flexibility index (Phi) is 5.79. The second-order valence-corrected chi connectivity index (χ2v) is 6.89. The Morgan fingerprint density at radius 3 is 2.35 bits per heavy atom. The van der Waals surface area contributed by atoms with E-state index in [0.29, 0.717) is 10.8 Å². The van der Waals surface area contributed by atoms with Gasteiger partial charge in [-0.2, -0.15) is 0 Å². The lowest BCUT2D eigenvalue weighted by molar-refractivity contribution is -0.135. The van der Waals surface area contributed by atoms with Crippen molar-refractivity contribution in [1.82, 2.24) is 9.80 Å². The zero-order valence-corrected chi connectivity index (χ0v) is 14.3. The minimum atomic E-state index is 0.0724. The topological polar surface area (TPSA) is 32.8 Å². The van der Waals surface area contributed by atoms with Gasteiger partial charge in [0.1, 0.15) is 5.75 Å². The van der Waals surface area contributed by atoms with E-state index in [4.69, 9.17) is 16.3 Å². The number of amides is 1. The molecule has 0 bridgehead atoms. The summed E-state index contributed by atoms with van der Waals surface area (Å²) in [6.45, 7) is 3.73. The molecular weight excluding hydrogens is 312 g/mol. The normalized spacial score (nSPS) is 20.5. The number of halogens is 1. The Labute approximate surface area is 143 Å². The Morgan fingerprint density at radius 2 is 1.70 bits per heavy atom. The van der Waals surface area contributed by atoms with Crippen molar-refractivity contribution in [3.63, 3.8) is 0 Å². The maximum absolute atomic E-state index is 12.3. The molecule has 1 saturated carbocycles. The van der Waals surface area contributed by atoms with E-state index in [2.05, 4.69) is 4.90 Å². The van der Waals surface area contributed by atoms with Gasteiger partial charge in [-0.3, -0.25) is 9.69 Å². The Hall–Kier alpha value is -1.26. The third kappa shape index (κ3) is 4.61. The maximum atomic E-state index is 12.3. The van der Waals surface area contributed by atoms with Gasteiger partial charge in [0, 0.05) is 37.2 Å². The molecule has 0 spiro atoms. The average Bonchev–Trinajstić information content (AvgIpc) is 2.62. The fourth-order valence-corrected chi connectivity index (χ4v) is 3.68. The highest BCUT2D eigenvalue weighted by atomic mass is 35.5. The number of hydrogen-bond donors (Lipinski definition) is 0. The van der Waals surface area contributed by atoms with E-state index in [1.54, 1.807) is 24.3 Å². The summed E-state index contributed by atoms with van der Waals surface area (Å²) < 4.78 is 5.56. The molecule has 126 valence electrons. The van der Waals surface area contributed by atoms with Crippen molar-refractivity contribution in [2.75, 3.05) is 32.8 Å². The smallest absolute Gasteiger partial charge is 0.260 e. The standard InChI is InChI=1S/C18H25ClN2O2/c19-15-6-8-17(9-7-15)23-14-18(22)21-12-10-20(11-13-21)16-4-2-1-3-5-16/h6-9,16H,1-5,10-14H2. The Morgan fingerprint density at radius 1 is 1.04 bits per heavy atom. The van der Waals surface area contributed by atoms with Crippen LogP contribution in [0.15, 0.2) is 24.3 Å². The van der Waals surface area contributed by atoms with Crippen LogP contribution in [-0.2, 0) is 4.79 Å². The first-order valence-corrected chi connectivity index (χ1v) is 9.00. The third-order valence-electron chi connectivity index (χ3n) is 4.93. The number of hydrogen-bond acceptors (Lipinski definition) is 3. The summed E-state index contributed by atoms with van der Waals surface area (Å²) in [6.07, 6.45) is 6.76. The summed E-state index contributed by atoms with van der Waals surface area (Å²) in [5.74, 6) is 0.756. The van der Waals surface area contributed by atoms with Crippen LogP contribution in [0, 0.1) is 0 Å². The summed E-state index contributed by atoms with van der Waals surface area (Å²) in [5, 5.41) is 0.669. The monoisotopic (exact) mass is 336 g/mol. The van der Waals surface area contributed by atoms with Gasteiger partial charge in [-0.05, 0) is 37.1 Å². The number of carbonyl (C=O) groups excluding carboxylic acids is 1. The third-order valence-corrected chi connectivity index (χ3v) is 5.19. The summed E-state index contributed by atoms with van der Waals surface area (Å²) in [5.41, 5.74) is 0. The van der Waals surface area contributed by atoms with Crippen molar-refractivity contribution in [1.29, 1.82) is 0 Å². The molecular formula is C18H25ClN2O2. The molecule has 1 saturated heterocycles. The molecule has 1 aliphatic heterocycles. The lowest BCUT2D eigenvalue weighted by Crippen LogP contribution is -2.53. The van der Waals surface area contributed by atoms with Crippen LogP contribution in [0.2, 0.25) is 5.02 Å². The van der Waals surface area contributed by atoms with E-state index in [9.17, 15) is 4.79 Å². The summed E-state index contributed by atoms with van der Waals surface area (Å²) in [6, 6.07) is 7.85. The highest BCUT2D eigenvalue weighted by molar-refractivity contribution is 6.30. The number of nitrogens with zero attached hydrogens (tertiary/aromatic N) is 2. The lowest BCUT2D eigenvalue weighted by Gasteiger charge is -2.40. The molecule has 1 aromatic rings. The van der Waals surface area contributed by atoms with E-state index < -0.39 is 0 Å². The Balaban J connectivity index is 1.41. The van der Waals surface area contributed by atoms with Crippen LogP contribution < -0.4 is 4.74 Å². The van der Waals surface area contributed by atoms with Gasteiger partial charge in [0.2, 0.25) is 0 Å². The zero-order chi connectivity index (χ0) is 16.1. The first-order valence-electron chi connectivity index (χ1n) is 8.62. The molecule has 0 unspecified atom stereocenters. The van der Waals surface area contributed by atoms with Crippen LogP contribution in [0.3, 0.4) is 0 Å². The van der Waals surface area contributed by atoms with E-state index in [1.807, 2.05) is 4.90 Å². The van der Waals surface area contributed by atoms with E-state index in [1.165, 1.54) is 32.1 Å². The van der Waals surface area contributed by atoms with E-state index in [0.717, 1.165) is 32.2 Å². The minimum Gasteiger partial charge on any atom is -0.484 e. The van der Waals surface area contributed by atoms with E-state index in [-0.39, 0.29) is 12.5 Å². The molecule has 2 fully saturated rings. The quantitative estimate of drug-likeness (QED) is 0.846. The fourth-order valence-electron chi connectivity index (χ4n) is 3.55. The molecule has 3 rings (SSSR count). The molecule has 23 heavy (non-hydrogen) atoms. The molecule has 0 atom stereocenters.